The molecular formula is C14H17ClN2O3. The number of esters is 1. The number of carbonyl (C=O) groups is 2. The van der Waals surface area contributed by atoms with Crippen LogP contribution < -0.4 is 0 Å². The largest absolute Gasteiger partial charge is 0.452 e. The first-order valence-corrected chi connectivity index (χ1v) is 7.01. The number of aromatic nitrogens is 1. The molecule has 0 spiro atoms. The molecule has 108 valence electrons. The van der Waals surface area contributed by atoms with Crippen molar-refractivity contribution in [1.29, 1.82) is 0 Å². The zero-order valence-electron chi connectivity index (χ0n) is 11.3. The highest BCUT2D eigenvalue weighted by atomic mass is 35.5. The Morgan fingerprint density at radius 1 is 1.45 bits per heavy atom. The summed E-state index contributed by atoms with van der Waals surface area (Å²) in [7, 11) is 0. The number of pyridine rings is 1. The number of nitrogens with zero attached hydrogens (tertiary/aromatic N) is 2. The molecule has 5 nitrogen and oxygen atoms in total. The molecule has 0 radical (unpaired) electrons. The average molecular weight is 297 g/mol. The fourth-order valence-corrected chi connectivity index (χ4v) is 2.29. The SMILES string of the molecule is CC1CCN(C(=O)COC(=O)c2cccnc2Cl)CC1. The number of halogens is 1. The molecule has 1 saturated heterocycles. The van der Waals surface area contributed by atoms with Crippen LogP contribution in [0.5, 0.6) is 0 Å². The fraction of sp³-hybridized carbons (Fsp3) is 0.500. The second-order valence-electron chi connectivity index (χ2n) is 4.98. The van der Waals surface area contributed by atoms with E-state index in [1.54, 1.807) is 11.0 Å². The van der Waals surface area contributed by atoms with Gasteiger partial charge >= 0.3 is 5.97 Å². The molecule has 0 atom stereocenters. The smallest absolute Gasteiger partial charge is 0.341 e. The summed E-state index contributed by atoms with van der Waals surface area (Å²) in [6, 6.07) is 3.11. The summed E-state index contributed by atoms with van der Waals surface area (Å²) in [5.41, 5.74) is 0.175. The zero-order chi connectivity index (χ0) is 14.5. The second kappa shape index (κ2) is 6.70. The molecule has 0 bridgehead atoms. The van der Waals surface area contributed by atoms with E-state index in [2.05, 4.69) is 11.9 Å². The average Bonchev–Trinajstić information content (AvgIpc) is 2.45. The van der Waals surface area contributed by atoms with Crippen LogP contribution in [0.2, 0.25) is 5.15 Å². The van der Waals surface area contributed by atoms with Gasteiger partial charge in [0.2, 0.25) is 0 Å². The summed E-state index contributed by atoms with van der Waals surface area (Å²) in [5, 5.41) is 0.0803. The maximum atomic E-state index is 11.9. The molecule has 2 rings (SSSR count). The number of carbonyl (C=O) groups excluding carboxylic acids is 2. The molecule has 1 aromatic heterocycles. The summed E-state index contributed by atoms with van der Waals surface area (Å²) in [6.45, 7) is 3.38. The van der Waals surface area contributed by atoms with Crippen LogP contribution in [0.3, 0.4) is 0 Å². The molecular weight excluding hydrogens is 280 g/mol. The van der Waals surface area contributed by atoms with Crippen LogP contribution >= 0.6 is 11.6 Å². The van der Waals surface area contributed by atoms with Crippen molar-refractivity contribution in [3.63, 3.8) is 0 Å². The van der Waals surface area contributed by atoms with E-state index in [4.69, 9.17) is 16.3 Å². The lowest BCUT2D eigenvalue weighted by Gasteiger charge is -2.30. The minimum Gasteiger partial charge on any atom is -0.452 e. The van der Waals surface area contributed by atoms with E-state index in [0.717, 1.165) is 25.9 Å². The molecule has 1 aromatic rings. The van der Waals surface area contributed by atoms with Gasteiger partial charge < -0.3 is 9.64 Å². The molecule has 1 aliphatic heterocycles. The first kappa shape index (κ1) is 14.8. The normalized spacial score (nSPS) is 16.0. The van der Waals surface area contributed by atoms with Gasteiger partial charge in [-0.05, 0) is 30.9 Å². The number of amides is 1. The highest BCUT2D eigenvalue weighted by molar-refractivity contribution is 6.32. The third kappa shape index (κ3) is 3.70. The molecule has 0 N–H and O–H groups in total. The minimum absolute atomic E-state index is 0.0803. The van der Waals surface area contributed by atoms with Gasteiger partial charge in [-0.2, -0.15) is 0 Å². The standard InChI is InChI=1S/C14H17ClN2O3/c1-10-4-7-17(8-5-10)12(18)9-20-14(19)11-3-2-6-16-13(11)15/h2-3,6,10H,4-5,7-9H2,1H3. The van der Waals surface area contributed by atoms with Crippen molar-refractivity contribution in [3.8, 4) is 0 Å². The maximum absolute atomic E-state index is 11.9. The molecule has 0 saturated carbocycles. The lowest BCUT2D eigenvalue weighted by molar-refractivity contribution is -0.135. The third-order valence-electron chi connectivity index (χ3n) is 3.44. The van der Waals surface area contributed by atoms with E-state index in [1.165, 1.54) is 12.3 Å². The van der Waals surface area contributed by atoms with E-state index in [9.17, 15) is 9.59 Å². The van der Waals surface area contributed by atoms with Gasteiger partial charge in [-0.25, -0.2) is 9.78 Å². The van der Waals surface area contributed by atoms with Gasteiger partial charge in [0, 0.05) is 19.3 Å². The first-order chi connectivity index (χ1) is 9.58. The minimum atomic E-state index is -0.623. The highest BCUT2D eigenvalue weighted by Gasteiger charge is 2.22. The van der Waals surface area contributed by atoms with Crippen molar-refractivity contribution in [3.05, 3.63) is 29.0 Å². The second-order valence-corrected chi connectivity index (χ2v) is 5.34. The molecule has 6 heteroatoms. The summed E-state index contributed by atoms with van der Waals surface area (Å²) >= 11 is 5.79. The Morgan fingerprint density at radius 3 is 2.80 bits per heavy atom. The van der Waals surface area contributed by atoms with Crippen LogP contribution in [0.15, 0.2) is 18.3 Å². The van der Waals surface area contributed by atoms with Gasteiger partial charge in [0.15, 0.2) is 6.61 Å². The zero-order valence-corrected chi connectivity index (χ0v) is 12.1. The fourth-order valence-electron chi connectivity index (χ4n) is 2.09. The molecule has 0 aromatic carbocycles. The lowest BCUT2D eigenvalue weighted by Crippen LogP contribution is -2.40. The van der Waals surface area contributed by atoms with Gasteiger partial charge in [0.1, 0.15) is 5.15 Å². The number of rotatable bonds is 3. The van der Waals surface area contributed by atoms with Gasteiger partial charge in [0.25, 0.3) is 5.91 Å². The molecule has 20 heavy (non-hydrogen) atoms. The van der Waals surface area contributed by atoms with Crippen LogP contribution in [0, 0.1) is 5.92 Å². The van der Waals surface area contributed by atoms with Gasteiger partial charge in [0.05, 0.1) is 5.56 Å². The Labute approximate surface area is 122 Å². The van der Waals surface area contributed by atoms with Crippen molar-refractivity contribution in [1.82, 2.24) is 9.88 Å². The number of hydrogen-bond acceptors (Lipinski definition) is 4. The lowest BCUT2D eigenvalue weighted by atomic mass is 9.99. The van der Waals surface area contributed by atoms with Gasteiger partial charge in [-0.3, -0.25) is 4.79 Å². The summed E-state index contributed by atoms with van der Waals surface area (Å²) in [5.74, 6) is -0.136. The van der Waals surface area contributed by atoms with Crippen LogP contribution in [-0.2, 0) is 9.53 Å². The Balaban J connectivity index is 1.84. The Hall–Kier alpha value is -1.62. The van der Waals surface area contributed by atoms with Crippen molar-refractivity contribution in [2.45, 2.75) is 19.8 Å². The Kier molecular flexibility index (Phi) is 4.95. The molecule has 0 unspecified atom stereocenters. The number of likely N-dealkylation sites (tertiary alicyclic amines) is 1. The van der Waals surface area contributed by atoms with E-state index in [1.807, 2.05) is 0 Å². The molecule has 0 aliphatic carbocycles. The molecule has 1 amide bonds. The predicted molar refractivity (Wildman–Crippen MR) is 74.5 cm³/mol. The maximum Gasteiger partial charge on any atom is 0.341 e. The predicted octanol–water partition coefficient (Wildman–Crippen LogP) is 2.15. The van der Waals surface area contributed by atoms with Crippen LogP contribution in [-0.4, -0.2) is 41.5 Å². The van der Waals surface area contributed by atoms with E-state index >= 15 is 0 Å². The summed E-state index contributed by atoms with van der Waals surface area (Å²) < 4.78 is 5.00. The molecule has 1 aliphatic rings. The third-order valence-corrected chi connectivity index (χ3v) is 3.74. The summed E-state index contributed by atoms with van der Waals surface area (Å²) in [4.78, 5) is 29.2. The van der Waals surface area contributed by atoms with Gasteiger partial charge in [-0.15, -0.1) is 0 Å². The van der Waals surface area contributed by atoms with Crippen molar-refractivity contribution >= 4 is 23.5 Å². The topological polar surface area (TPSA) is 59.5 Å². The monoisotopic (exact) mass is 296 g/mol. The number of ether oxygens (including phenoxy) is 1. The van der Waals surface area contributed by atoms with Crippen molar-refractivity contribution in [2.24, 2.45) is 5.92 Å². The molecule has 1 fully saturated rings. The van der Waals surface area contributed by atoms with Crippen LogP contribution in [0.1, 0.15) is 30.1 Å². The van der Waals surface area contributed by atoms with Crippen molar-refractivity contribution < 1.29 is 14.3 Å². The van der Waals surface area contributed by atoms with Crippen LogP contribution in [0.4, 0.5) is 0 Å². The Morgan fingerprint density at radius 2 is 2.15 bits per heavy atom. The Bertz CT molecular complexity index is 499. The van der Waals surface area contributed by atoms with E-state index < -0.39 is 5.97 Å². The highest BCUT2D eigenvalue weighted by Crippen LogP contribution is 2.16. The van der Waals surface area contributed by atoms with E-state index in [0.29, 0.717) is 5.92 Å². The number of piperidine rings is 1. The summed E-state index contributed by atoms with van der Waals surface area (Å²) in [6.07, 6.45) is 3.47. The quantitative estimate of drug-likeness (QED) is 0.633. The number of hydrogen-bond donors (Lipinski definition) is 0. The molecule has 2 heterocycles. The van der Waals surface area contributed by atoms with Crippen LogP contribution in [0.25, 0.3) is 0 Å². The first-order valence-electron chi connectivity index (χ1n) is 6.63. The van der Waals surface area contributed by atoms with Crippen molar-refractivity contribution in [2.75, 3.05) is 19.7 Å². The van der Waals surface area contributed by atoms with E-state index in [-0.39, 0.29) is 23.2 Å². The van der Waals surface area contributed by atoms with Gasteiger partial charge in [-0.1, -0.05) is 18.5 Å².